The maximum atomic E-state index is 11.6. The number of ether oxygens (including phenoxy) is 1. The molecule has 0 spiro atoms. The molecule has 2 aromatic rings. The molecule has 1 aromatic heterocycles. The molecule has 1 aliphatic rings. The number of aromatic nitrogens is 2. The van der Waals surface area contributed by atoms with Crippen LogP contribution >= 0.6 is 0 Å². The van der Waals surface area contributed by atoms with Gasteiger partial charge in [-0.05, 0) is 25.5 Å². The van der Waals surface area contributed by atoms with E-state index >= 15 is 0 Å². The lowest BCUT2D eigenvalue weighted by Crippen LogP contribution is -2.25. The SMILES string of the molecule is COC(=O)C1CCN(c2nc3ccccc3nc2C)C1. The van der Waals surface area contributed by atoms with E-state index in [4.69, 9.17) is 4.74 Å². The molecule has 1 aliphatic heterocycles. The highest BCUT2D eigenvalue weighted by molar-refractivity contribution is 5.77. The van der Waals surface area contributed by atoms with Crippen LogP contribution in [0.2, 0.25) is 0 Å². The molecule has 2 heterocycles. The van der Waals surface area contributed by atoms with Crippen molar-refractivity contribution >= 4 is 22.8 Å². The van der Waals surface area contributed by atoms with Crippen LogP contribution in [0.3, 0.4) is 0 Å². The predicted octanol–water partition coefficient (Wildman–Crippen LogP) is 1.94. The monoisotopic (exact) mass is 271 g/mol. The lowest BCUT2D eigenvalue weighted by Gasteiger charge is -2.19. The van der Waals surface area contributed by atoms with Crippen molar-refractivity contribution in [2.24, 2.45) is 5.92 Å². The molecule has 0 radical (unpaired) electrons. The zero-order chi connectivity index (χ0) is 14.1. The maximum Gasteiger partial charge on any atom is 0.310 e. The number of hydrogen-bond donors (Lipinski definition) is 0. The number of fused-ring (bicyclic) bond motifs is 1. The van der Waals surface area contributed by atoms with E-state index in [1.165, 1.54) is 7.11 Å². The number of methoxy groups -OCH3 is 1. The van der Waals surface area contributed by atoms with E-state index in [-0.39, 0.29) is 11.9 Å². The van der Waals surface area contributed by atoms with Gasteiger partial charge in [-0.25, -0.2) is 9.97 Å². The van der Waals surface area contributed by atoms with E-state index in [0.29, 0.717) is 6.54 Å². The highest BCUT2D eigenvalue weighted by Crippen LogP contribution is 2.26. The summed E-state index contributed by atoms with van der Waals surface area (Å²) in [4.78, 5) is 23.0. The fourth-order valence-electron chi connectivity index (χ4n) is 2.69. The first-order valence-electron chi connectivity index (χ1n) is 6.75. The standard InChI is InChI=1S/C15H17N3O2/c1-10-14(17-13-6-4-3-5-12(13)16-10)18-8-7-11(9-18)15(19)20-2/h3-6,11H,7-9H2,1-2H3. The van der Waals surface area contributed by atoms with Gasteiger partial charge in [0.25, 0.3) is 0 Å². The molecule has 0 amide bonds. The molecular weight excluding hydrogens is 254 g/mol. The Balaban J connectivity index is 1.91. The van der Waals surface area contributed by atoms with Crippen LogP contribution in [0.25, 0.3) is 11.0 Å². The van der Waals surface area contributed by atoms with Gasteiger partial charge in [0.1, 0.15) is 0 Å². The Hall–Kier alpha value is -2.17. The van der Waals surface area contributed by atoms with Gasteiger partial charge in [-0.3, -0.25) is 4.79 Å². The third-order valence-electron chi connectivity index (χ3n) is 3.74. The van der Waals surface area contributed by atoms with Crippen molar-refractivity contribution in [3.8, 4) is 0 Å². The molecular formula is C15H17N3O2. The van der Waals surface area contributed by atoms with Crippen molar-refractivity contribution in [2.75, 3.05) is 25.1 Å². The Morgan fingerprint density at radius 1 is 1.30 bits per heavy atom. The molecule has 20 heavy (non-hydrogen) atoms. The highest BCUT2D eigenvalue weighted by Gasteiger charge is 2.30. The van der Waals surface area contributed by atoms with Crippen LogP contribution in [-0.2, 0) is 9.53 Å². The minimum absolute atomic E-state index is 0.0623. The summed E-state index contributed by atoms with van der Waals surface area (Å²) in [6, 6.07) is 7.83. The molecule has 5 nitrogen and oxygen atoms in total. The number of anilines is 1. The van der Waals surface area contributed by atoms with Gasteiger partial charge in [0.15, 0.2) is 5.82 Å². The van der Waals surface area contributed by atoms with E-state index in [0.717, 1.165) is 35.5 Å². The third-order valence-corrected chi connectivity index (χ3v) is 3.74. The number of aryl methyl sites for hydroxylation is 1. The smallest absolute Gasteiger partial charge is 0.310 e. The first-order valence-corrected chi connectivity index (χ1v) is 6.75. The fourth-order valence-corrected chi connectivity index (χ4v) is 2.69. The van der Waals surface area contributed by atoms with Crippen LogP contribution in [0.5, 0.6) is 0 Å². The average molecular weight is 271 g/mol. The molecule has 5 heteroatoms. The molecule has 104 valence electrons. The van der Waals surface area contributed by atoms with E-state index in [1.54, 1.807) is 0 Å². The molecule has 1 aromatic carbocycles. The van der Waals surface area contributed by atoms with Crippen LogP contribution in [0.4, 0.5) is 5.82 Å². The van der Waals surface area contributed by atoms with Gasteiger partial charge in [-0.2, -0.15) is 0 Å². The molecule has 3 rings (SSSR count). The second kappa shape index (κ2) is 5.07. The summed E-state index contributed by atoms with van der Waals surface area (Å²) in [6.07, 6.45) is 0.806. The van der Waals surface area contributed by atoms with Crippen LogP contribution in [-0.4, -0.2) is 36.1 Å². The Morgan fingerprint density at radius 2 is 2.00 bits per heavy atom. The van der Waals surface area contributed by atoms with Gasteiger partial charge in [0.05, 0.1) is 29.8 Å². The quantitative estimate of drug-likeness (QED) is 0.781. The summed E-state index contributed by atoms with van der Waals surface area (Å²) in [5.41, 5.74) is 2.68. The van der Waals surface area contributed by atoms with Crippen molar-refractivity contribution in [2.45, 2.75) is 13.3 Å². The summed E-state index contributed by atoms with van der Waals surface area (Å²) >= 11 is 0. The number of carbonyl (C=O) groups excluding carboxylic acids is 1. The maximum absolute atomic E-state index is 11.6. The van der Waals surface area contributed by atoms with E-state index in [1.807, 2.05) is 31.2 Å². The summed E-state index contributed by atoms with van der Waals surface area (Å²) < 4.78 is 4.82. The minimum Gasteiger partial charge on any atom is -0.469 e. The average Bonchev–Trinajstić information content (AvgIpc) is 2.95. The molecule has 0 N–H and O–H groups in total. The molecule has 0 aliphatic carbocycles. The third kappa shape index (κ3) is 2.19. The second-order valence-electron chi connectivity index (χ2n) is 5.08. The Morgan fingerprint density at radius 3 is 2.70 bits per heavy atom. The van der Waals surface area contributed by atoms with E-state index in [2.05, 4.69) is 14.9 Å². The second-order valence-corrected chi connectivity index (χ2v) is 5.08. The van der Waals surface area contributed by atoms with Crippen molar-refractivity contribution in [3.63, 3.8) is 0 Å². The van der Waals surface area contributed by atoms with Gasteiger partial charge in [0.2, 0.25) is 0 Å². The normalized spacial score (nSPS) is 18.5. The van der Waals surface area contributed by atoms with Gasteiger partial charge < -0.3 is 9.64 Å². The van der Waals surface area contributed by atoms with E-state index in [9.17, 15) is 4.79 Å². The number of carbonyl (C=O) groups is 1. The van der Waals surface area contributed by atoms with Crippen molar-refractivity contribution in [1.82, 2.24) is 9.97 Å². The molecule has 0 bridgehead atoms. The van der Waals surface area contributed by atoms with Gasteiger partial charge >= 0.3 is 5.97 Å². The number of rotatable bonds is 2. The topological polar surface area (TPSA) is 55.3 Å². The predicted molar refractivity (Wildman–Crippen MR) is 76.6 cm³/mol. The van der Waals surface area contributed by atoms with Crippen LogP contribution < -0.4 is 4.90 Å². The van der Waals surface area contributed by atoms with Crippen LogP contribution in [0, 0.1) is 12.8 Å². The van der Waals surface area contributed by atoms with E-state index < -0.39 is 0 Å². The number of nitrogens with zero attached hydrogens (tertiary/aromatic N) is 3. The number of para-hydroxylation sites is 2. The van der Waals surface area contributed by atoms with Gasteiger partial charge in [0, 0.05) is 13.1 Å². The first kappa shape index (κ1) is 12.8. The van der Waals surface area contributed by atoms with Crippen molar-refractivity contribution in [1.29, 1.82) is 0 Å². The number of esters is 1. The van der Waals surface area contributed by atoms with Crippen LogP contribution in [0.15, 0.2) is 24.3 Å². The molecule has 1 unspecified atom stereocenters. The lowest BCUT2D eigenvalue weighted by atomic mass is 10.1. The lowest BCUT2D eigenvalue weighted by molar-refractivity contribution is -0.144. The molecule has 1 atom stereocenters. The van der Waals surface area contributed by atoms with Crippen LogP contribution in [0.1, 0.15) is 12.1 Å². The first-order chi connectivity index (χ1) is 9.69. The summed E-state index contributed by atoms with van der Waals surface area (Å²) in [7, 11) is 1.44. The Bertz CT molecular complexity index is 657. The fraction of sp³-hybridized carbons (Fsp3) is 0.400. The number of hydrogen-bond acceptors (Lipinski definition) is 5. The molecule has 1 saturated heterocycles. The molecule has 1 fully saturated rings. The zero-order valence-electron chi connectivity index (χ0n) is 11.7. The summed E-state index contributed by atoms with van der Waals surface area (Å²) in [5.74, 6) is 0.668. The largest absolute Gasteiger partial charge is 0.469 e. The number of benzene rings is 1. The Kier molecular flexibility index (Phi) is 3.26. The summed E-state index contributed by atoms with van der Waals surface area (Å²) in [6.45, 7) is 3.43. The van der Waals surface area contributed by atoms with Gasteiger partial charge in [-0.15, -0.1) is 0 Å². The summed E-state index contributed by atoms with van der Waals surface area (Å²) in [5, 5.41) is 0. The van der Waals surface area contributed by atoms with Gasteiger partial charge in [-0.1, -0.05) is 12.1 Å². The van der Waals surface area contributed by atoms with Crippen molar-refractivity contribution in [3.05, 3.63) is 30.0 Å². The zero-order valence-corrected chi connectivity index (χ0v) is 11.7. The van der Waals surface area contributed by atoms with Crippen molar-refractivity contribution < 1.29 is 9.53 Å². The Labute approximate surface area is 117 Å². The highest BCUT2D eigenvalue weighted by atomic mass is 16.5. The minimum atomic E-state index is -0.140. The molecule has 0 saturated carbocycles.